The molecule has 0 saturated heterocycles. The topological polar surface area (TPSA) is 53.5 Å². The minimum absolute atomic E-state index is 0.135. The molecule has 0 aliphatic carbocycles. The van der Waals surface area contributed by atoms with Crippen LogP contribution in [0, 0.1) is 0 Å². The number of amides is 1. The molecule has 10 heavy (non-hydrogen) atoms. The molecule has 0 rings (SSSR count). The smallest absolute Gasteiger partial charge is 0.219 e. The number of nitrogens with one attached hydrogen (secondary N) is 2. The number of nitrogens with zero attached hydrogens (tertiary/aromatic N) is 1. The van der Waals surface area contributed by atoms with E-state index in [9.17, 15) is 4.79 Å². The lowest BCUT2D eigenvalue weighted by Gasteiger charge is -2.24. The van der Waals surface area contributed by atoms with Crippen molar-refractivity contribution < 1.29 is 4.79 Å². The van der Waals surface area contributed by atoms with E-state index in [2.05, 4.69) is 22.3 Å². The van der Waals surface area contributed by atoms with Gasteiger partial charge in [0.25, 0.3) is 0 Å². The van der Waals surface area contributed by atoms with Crippen molar-refractivity contribution in [2.24, 2.45) is 4.99 Å². The average Bonchev–Trinajstić information content (AvgIpc) is 1.87. The molecule has 0 spiro atoms. The third kappa shape index (κ3) is 2.59. The Balaban J connectivity index is 4.05. The predicted octanol–water partition coefficient (Wildman–Crippen LogP) is -0.284. The van der Waals surface area contributed by atoms with Gasteiger partial charge in [-0.2, -0.15) is 0 Å². The summed E-state index contributed by atoms with van der Waals surface area (Å²) in [5.74, 6) is -0.865. The van der Waals surface area contributed by atoms with Crippen molar-refractivity contribution in [3.63, 3.8) is 0 Å². The van der Waals surface area contributed by atoms with Crippen LogP contribution in [0.5, 0.6) is 0 Å². The van der Waals surface area contributed by atoms with E-state index in [0.29, 0.717) is 0 Å². The molecule has 58 valence electrons. The van der Waals surface area contributed by atoms with Crippen LogP contribution in [0.3, 0.4) is 0 Å². The molecule has 1 amide bonds. The van der Waals surface area contributed by atoms with Gasteiger partial charge in [0.1, 0.15) is 0 Å². The van der Waals surface area contributed by atoms with Gasteiger partial charge >= 0.3 is 0 Å². The predicted molar refractivity (Wildman–Crippen MR) is 40.8 cm³/mol. The summed E-state index contributed by atoms with van der Waals surface area (Å²) in [5.41, 5.74) is 0. The number of carbonyl (C=O) groups excluding carboxylic acids is 1. The van der Waals surface area contributed by atoms with Crippen molar-refractivity contribution in [3.8, 4) is 0 Å². The third-order valence-electron chi connectivity index (χ3n) is 1.22. The molecule has 0 aromatic carbocycles. The largest absolute Gasteiger partial charge is 0.320 e. The molecule has 0 fully saturated rings. The van der Waals surface area contributed by atoms with Gasteiger partial charge in [-0.05, 0) is 20.7 Å². The van der Waals surface area contributed by atoms with Crippen LogP contribution < -0.4 is 10.6 Å². The highest BCUT2D eigenvalue weighted by molar-refractivity contribution is 5.73. The van der Waals surface area contributed by atoms with Gasteiger partial charge in [0, 0.05) is 6.92 Å². The number of aliphatic imine (C=N–C) groups is 1. The Labute approximate surface area is 60.7 Å². The van der Waals surface area contributed by atoms with Gasteiger partial charge in [0.2, 0.25) is 5.91 Å². The molecule has 4 nitrogen and oxygen atoms in total. The first-order chi connectivity index (χ1) is 4.54. The molecule has 0 aromatic heterocycles. The molecule has 0 saturated carbocycles. The van der Waals surface area contributed by atoms with Gasteiger partial charge in [0.15, 0.2) is 5.79 Å². The van der Waals surface area contributed by atoms with E-state index in [4.69, 9.17) is 0 Å². The normalized spacial score (nSPS) is 15.5. The lowest BCUT2D eigenvalue weighted by molar-refractivity contribution is -0.120. The number of hydrogen-bond acceptors (Lipinski definition) is 3. The maximum absolute atomic E-state index is 10.5. The lowest BCUT2D eigenvalue weighted by Crippen LogP contribution is -2.52. The summed E-state index contributed by atoms with van der Waals surface area (Å²) in [6.45, 7) is 6.48. The number of rotatable bonds is 3. The molecule has 1 unspecified atom stereocenters. The van der Waals surface area contributed by atoms with E-state index < -0.39 is 5.79 Å². The Morgan fingerprint density at radius 2 is 2.20 bits per heavy atom. The fourth-order valence-corrected chi connectivity index (χ4v) is 0.524. The summed E-state index contributed by atoms with van der Waals surface area (Å²) < 4.78 is 0. The van der Waals surface area contributed by atoms with Crippen LogP contribution in [0.4, 0.5) is 0 Å². The van der Waals surface area contributed by atoms with Crippen LogP contribution in [0.25, 0.3) is 0 Å². The zero-order valence-electron chi connectivity index (χ0n) is 6.56. The van der Waals surface area contributed by atoms with E-state index in [1.165, 1.54) is 6.92 Å². The van der Waals surface area contributed by atoms with Gasteiger partial charge in [0.05, 0.1) is 0 Å². The molecule has 2 N–H and O–H groups in total. The van der Waals surface area contributed by atoms with Crippen LogP contribution in [0.15, 0.2) is 4.99 Å². The summed E-state index contributed by atoms with van der Waals surface area (Å²) in [6.07, 6.45) is 0. The minimum Gasteiger partial charge on any atom is -0.320 e. The fourth-order valence-electron chi connectivity index (χ4n) is 0.524. The first-order valence-corrected chi connectivity index (χ1v) is 2.99. The number of carbonyl (C=O) groups is 1. The molecule has 0 aliphatic heterocycles. The summed E-state index contributed by atoms with van der Waals surface area (Å²) in [6, 6.07) is 0. The first kappa shape index (κ1) is 9.10. The van der Waals surface area contributed by atoms with Gasteiger partial charge in [-0.1, -0.05) is 0 Å². The Hall–Kier alpha value is -0.900. The van der Waals surface area contributed by atoms with E-state index >= 15 is 0 Å². The quantitative estimate of drug-likeness (QED) is 0.421. The van der Waals surface area contributed by atoms with Crippen LogP contribution in [0.2, 0.25) is 0 Å². The molecular weight excluding hydrogens is 130 g/mol. The van der Waals surface area contributed by atoms with Crippen molar-refractivity contribution in [1.29, 1.82) is 0 Å². The van der Waals surface area contributed by atoms with Crippen LogP contribution in [0.1, 0.15) is 13.8 Å². The maximum Gasteiger partial charge on any atom is 0.219 e. The Kier molecular flexibility index (Phi) is 3.02. The zero-order chi connectivity index (χ0) is 8.20. The van der Waals surface area contributed by atoms with Crippen molar-refractivity contribution in [2.45, 2.75) is 19.6 Å². The molecule has 0 heterocycles. The van der Waals surface area contributed by atoms with E-state index in [-0.39, 0.29) is 5.91 Å². The monoisotopic (exact) mass is 143 g/mol. The molecule has 0 aromatic rings. The van der Waals surface area contributed by atoms with Crippen molar-refractivity contribution in [2.75, 3.05) is 7.05 Å². The summed E-state index contributed by atoms with van der Waals surface area (Å²) >= 11 is 0. The minimum atomic E-state index is -0.730. The molecular formula is C6H13N3O. The highest BCUT2D eigenvalue weighted by Gasteiger charge is 2.18. The van der Waals surface area contributed by atoms with Gasteiger partial charge in [-0.25, -0.2) is 0 Å². The highest BCUT2D eigenvalue weighted by atomic mass is 16.1. The van der Waals surface area contributed by atoms with E-state index in [1.807, 2.05) is 0 Å². The van der Waals surface area contributed by atoms with Gasteiger partial charge in [-0.3, -0.25) is 15.1 Å². The second-order valence-electron chi connectivity index (χ2n) is 2.16. The first-order valence-electron chi connectivity index (χ1n) is 2.99. The van der Waals surface area contributed by atoms with Gasteiger partial charge < -0.3 is 5.32 Å². The molecule has 0 bridgehead atoms. The van der Waals surface area contributed by atoms with Crippen LogP contribution in [-0.2, 0) is 4.79 Å². The molecule has 4 heteroatoms. The SMILES string of the molecule is C=NC(C)(NC)NC(C)=O. The Morgan fingerprint density at radius 3 is 2.30 bits per heavy atom. The second kappa shape index (κ2) is 3.31. The standard InChI is InChI=1S/C6H13N3O/c1-5(10)9-6(2,7-3)8-4/h8H,3H2,1-2,4H3,(H,9,10). The molecule has 1 atom stereocenters. The summed E-state index contributed by atoms with van der Waals surface area (Å²) in [5, 5.41) is 5.37. The van der Waals surface area contributed by atoms with Crippen molar-refractivity contribution >= 4 is 12.6 Å². The maximum atomic E-state index is 10.5. The zero-order valence-corrected chi connectivity index (χ0v) is 6.56. The van der Waals surface area contributed by atoms with E-state index in [0.717, 1.165) is 0 Å². The lowest BCUT2D eigenvalue weighted by atomic mass is 10.4. The Bertz CT molecular complexity index is 146. The Morgan fingerprint density at radius 1 is 1.70 bits per heavy atom. The van der Waals surface area contributed by atoms with Crippen molar-refractivity contribution in [3.05, 3.63) is 0 Å². The van der Waals surface area contributed by atoms with Gasteiger partial charge in [-0.15, -0.1) is 0 Å². The molecule has 0 aliphatic rings. The highest BCUT2D eigenvalue weighted by Crippen LogP contribution is 1.96. The second-order valence-corrected chi connectivity index (χ2v) is 2.16. The summed E-state index contributed by atoms with van der Waals surface area (Å²) in [7, 11) is 1.70. The fraction of sp³-hybridized carbons (Fsp3) is 0.667. The molecule has 0 radical (unpaired) electrons. The van der Waals surface area contributed by atoms with E-state index in [1.54, 1.807) is 14.0 Å². The average molecular weight is 143 g/mol. The van der Waals surface area contributed by atoms with Crippen molar-refractivity contribution in [1.82, 2.24) is 10.6 Å². The van der Waals surface area contributed by atoms with Crippen LogP contribution >= 0.6 is 0 Å². The van der Waals surface area contributed by atoms with Crippen LogP contribution in [-0.4, -0.2) is 25.5 Å². The third-order valence-corrected chi connectivity index (χ3v) is 1.22. The number of hydrogen-bond donors (Lipinski definition) is 2. The summed E-state index contributed by atoms with van der Waals surface area (Å²) in [4.78, 5) is 14.2.